The molecule has 1 aromatic heterocycles. The largest absolute Gasteiger partial charge is 0.337 e. The summed E-state index contributed by atoms with van der Waals surface area (Å²) in [7, 11) is 2.07. The van der Waals surface area contributed by atoms with E-state index in [0.29, 0.717) is 6.04 Å². The predicted molar refractivity (Wildman–Crippen MR) is 75.7 cm³/mol. The van der Waals surface area contributed by atoms with Crippen LogP contribution in [0.5, 0.6) is 0 Å². The SMILES string of the molecule is Cn1cncc1CN1CCC(N2CCC(N)CC2)C1. The molecule has 2 N–H and O–H groups in total. The van der Waals surface area contributed by atoms with Crippen molar-refractivity contribution in [3.63, 3.8) is 0 Å². The minimum Gasteiger partial charge on any atom is -0.337 e. The lowest BCUT2D eigenvalue weighted by Crippen LogP contribution is -2.46. The average molecular weight is 263 g/mol. The number of piperidine rings is 1. The monoisotopic (exact) mass is 263 g/mol. The van der Waals surface area contributed by atoms with Gasteiger partial charge in [0.1, 0.15) is 0 Å². The number of aryl methyl sites for hydroxylation is 1. The van der Waals surface area contributed by atoms with Gasteiger partial charge in [0, 0.05) is 45.0 Å². The quantitative estimate of drug-likeness (QED) is 0.858. The van der Waals surface area contributed by atoms with Crippen molar-refractivity contribution < 1.29 is 0 Å². The van der Waals surface area contributed by atoms with E-state index >= 15 is 0 Å². The van der Waals surface area contributed by atoms with Gasteiger partial charge in [0.2, 0.25) is 0 Å². The molecule has 5 nitrogen and oxygen atoms in total. The third-order valence-corrected chi connectivity index (χ3v) is 4.64. The number of rotatable bonds is 3. The lowest BCUT2D eigenvalue weighted by Gasteiger charge is -2.34. The third kappa shape index (κ3) is 2.99. The molecule has 2 aliphatic rings. The number of hydrogen-bond acceptors (Lipinski definition) is 4. The molecule has 19 heavy (non-hydrogen) atoms. The zero-order valence-electron chi connectivity index (χ0n) is 11.8. The topological polar surface area (TPSA) is 50.3 Å². The van der Waals surface area contributed by atoms with Crippen molar-refractivity contribution in [2.24, 2.45) is 12.8 Å². The smallest absolute Gasteiger partial charge is 0.0945 e. The zero-order chi connectivity index (χ0) is 13.2. The van der Waals surface area contributed by atoms with Crippen LogP contribution in [0.4, 0.5) is 0 Å². The summed E-state index contributed by atoms with van der Waals surface area (Å²) in [6.45, 7) is 5.80. The number of aromatic nitrogens is 2. The minimum absolute atomic E-state index is 0.434. The van der Waals surface area contributed by atoms with Crippen molar-refractivity contribution in [2.45, 2.75) is 37.9 Å². The van der Waals surface area contributed by atoms with E-state index < -0.39 is 0 Å². The van der Waals surface area contributed by atoms with E-state index in [4.69, 9.17) is 5.73 Å². The fourth-order valence-electron chi connectivity index (χ4n) is 3.30. The molecule has 2 fully saturated rings. The second-order valence-electron chi connectivity index (χ2n) is 6.05. The summed E-state index contributed by atoms with van der Waals surface area (Å²) < 4.78 is 2.12. The number of likely N-dealkylation sites (tertiary alicyclic amines) is 2. The van der Waals surface area contributed by atoms with Crippen LogP contribution in [0.2, 0.25) is 0 Å². The van der Waals surface area contributed by atoms with Gasteiger partial charge in [0.15, 0.2) is 0 Å². The molecule has 1 aromatic rings. The van der Waals surface area contributed by atoms with Crippen molar-refractivity contribution in [3.05, 3.63) is 18.2 Å². The maximum Gasteiger partial charge on any atom is 0.0945 e. The van der Waals surface area contributed by atoms with Crippen LogP contribution >= 0.6 is 0 Å². The summed E-state index contributed by atoms with van der Waals surface area (Å²) in [6.07, 6.45) is 7.49. The Morgan fingerprint density at radius 2 is 2.05 bits per heavy atom. The highest BCUT2D eigenvalue weighted by Crippen LogP contribution is 2.21. The van der Waals surface area contributed by atoms with Gasteiger partial charge in [-0.1, -0.05) is 0 Å². The maximum atomic E-state index is 5.98. The van der Waals surface area contributed by atoms with Gasteiger partial charge in [0.05, 0.1) is 12.0 Å². The standard InChI is InChI=1S/C14H25N5/c1-17-11-16-8-14(17)10-18-5-4-13(9-18)19-6-2-12(15)3-7-19/h8,11-13H,2-7,9-10,15H2,1H3. The van der Waals surface area contributed by atoms with Gasteiger partial charge in [-0.3, -0.25) is 9.80 Å². The molecule has 2 saturated heterocycles. The van der Waals surface area contributed by atoms with Crippen LogP contribution in [-0.2, 0) is 13.6 Å². The van der Waals surface area contributed by atoms with Crippen molar-refractivity contribution in [2.75, 3.05) is 26.2 Å². The molecule has 106 valence electrons. The van der Waals surface area contributed by atoms with Crippen LogP contribution in [0, 0.1) is 0 Å². The predicted octanol–water partition coefficient (Wildman–Crippen LogP) is 0.418. The number of nitrogens with two attached hydrogens (primary N) is 1. The Labute approximate surface area is 115 Å². The highest BCUT2D eigenvalue weighted by molar-refractivity contribution is 4.99. The zero-order valence-corrected chi connectivity index (χ0v) is 11.8. The van der Waals surface area contributed by atoms with Crippen LogP contribution in [-0.4, -0.2) is 57.6 Å². The average Bonchev–Trinajstić information content (AvgIpc) is 3.01. The number of nitrogens with zero attached hydrogens (tertiary/aromatic N) is 4. The second-order valence-corrected chi connectivity index (χ2v) is 6.05. The molecule has 0 aliphatic carbocycles. The molecule has 0 saturated carbocycles. The van der Waals surface area contributed by atoms with Gasteiger partial charge >= 0.3 is 0 Å². The van der Waals surface area contributed by atoms with E-state index in [-0.39, 0.29) is 0 Å². The molecule has 0 radical (unpaired) electrons. The molecule has 1 unspecified atom stereocenters. The van der Waals surface area contributed by atoms with E-state index in [1.165, 1.54) is 38.3 Å². The van der Waals surface area contributed by atoms with E-state index in [1.54, 1.807) is 0 Å². The molecule has 1 atom stereocenters. The highest BCUT2D eigenvalue weighted by atomic mass is 15.3. The fourth-order valence-corrected chi connectivity index (χ4v) is 3.30. The summed E-state index contributed by atoms with van der Waals surface area (Å²) in [4.78, 5) is 9.39. The van der Waals surface area contributed by atoms with Crippen LogP contribution in [0.15, 0.2) is 12.5 Å². The summed E-state index contributed by atoms with van der Waals surface area (Å²) in [5.41, 5.74) is 7.29. The van der Waals surface area contributed by atoms with Crippen molar-refractivity contribution in [3.8, 4) is 0 Å². The van der Waals surface area contributed by atoms with Crippen molar-refractivity contribution in [1.29, 1.82) is 0 Å². The van der Waals surface area contributed by atoms with E-state index in [2.05, 4.69) is 26.4 Å². The Morgan fingerprint density at radius 3 is 2.74 bits per heavy atom. The maximum absolute atomic E-state index is 5.98. The Morgan fingerprint density at radius 1 is 1.26 bits per heavy atom. The van der Waals surface area contributed by atoms with Gasteiger partial charge in [-0.15, -0.1) is 0 Å². The molecule has 0 aromatic carbocycles. The second kappa shape index (κ2) is 5.61. The summed E-state index contributed by atoms with van der Waals surface area (Å²) in [5.74, 6) is 0. The highest BCUT2D eigenvalue weighted by Gasteiger charge is 2.29. The Hall–Kier alpha value is -0.910. The minimum atomic E-state index is 0.434. The first-order valence-electron chi connectivity index (χ1n) is 7.39. The first-order chi connectivity index (χ1) is 9.22. The van der Waals surface area contributed by atoms with Crippen LogP contribution < -0.4 is 5.73 Å². The van der Waals surface area contributed by atoms with Crippen molar-refractivity contribution in [1.82, 2.24) is 19.4 Å². The fraction of sp³-hybridized carbons (Fsp3) is 0.786. The molecule has 0 spiro atoms. The third-order valence-electron chi connectivity index (χ3n) is 4.64. The van der Waals surface area contributed by atoms with Crippen LogP contribution in [0.3, 0.4) is 0 Å². The Balaban J connectivity index is 1.51. The van der Waals surface area contributed by atoms with E-state index in [9.17, 15) is 0 Å². The molecule has 3 heterocycles. The molecular formula is C14H25N5. The summed E-state index contributed by atoms with van der Waals surface area (Å²) in [5, 5.41) is 0. The lowest BCUT2D eigenvalue weighted by atomic mass is 10.0. The van der Waals surface area contributed by atoms with Crippen molar-refractivity contribution >= 4 is 0 Å². The summed E-state index contributed by atoms with van der Waals surface area (Å²) in [6, 6.07) is 1.17. The molecule has 2 aliphatic heterocycles. The van der Waals surface area contributed by atoms with E-state index in [1.807, 2.05) is 12.5 Å². The van der Waals surface area contributed by atoms with E-state index in [0.717, 1.165) is 25.4 Å². The lowest BCUT2D eigenvalue weighted by molar-refractivity contribution is 0.151. The van der Waals surface area contributed by atoms with Gasteiger partial charge in [-0.05, 0) is 32.4 Å². The van der Waals surface area contributed by atoms with Crippen LogP contribution in [0.1, 0.15) is 25.0 Å². The van der Waals surface area contributed by atoms with Gasteiger partial charge < -0.3 is 10.3 Å². The Bertz CT molecular complexity index is 408. The normalized spacial score (nSPS) is 27.2. The number of imidazole rings is 1. The van der Waals surface area contributed by atoms with Gasteiger partial charge in [-0.25, -0.2) is 4.98 Å². The summed E-state index contributed by atoms with van der Waals surface area (Å²) >= 11 is 0. The van der Waals surface area contributed by atoms with Gasteiger partial charge in [-0.2, -0.15) is 0 Å². The first-order valence-corrected chi connectivity index (χ1v) is 7.39. The molecule has 5 heteroatoms. The first kappa shape index (κ1) is 13.1. The van der Waals surface area contributed by atoms with Crippen LogP contribution in [0.25, 0.3) is 0 Å². The van der Waals surface area contributed by atoms with Gasteiger partial charge in [0.25, 0.3) is 0 Å². The molecule has 0 bridgehead atoms. The Kier molecular flexibility index (Phi) is 3.86. The molecule has 3 rings (SSSR count). The molecular weight excluding hydrogens is 238 g/mol. The molecule has 0 amide bonds. The number of hydrogen-bond donors (Lipinski definition) is 1.